The van der Waals surface area contributed by atoms with Gasteiger partial charge in [0, 0.05) is 4.47 Å². The van der Waals surface area contributed by atoms with Crippen molar-refractivity contribution in [2.24, 2.45) is 0 Å². The number of carbonyl (C=O) groups is 2. The Hall–Kier alpha value is -2.41. The molecule has 1 atom stereocenters. The zero-order valence-corrected chi connectivity index (χ0v) is 15.3. The lowest BCUT2D eigenvalue weighted by Crippen LogP contribution is -2.30. The summed E-state index contributed by atoms with van der Waals surface area (Å²) in [7, 11) is 0. The molecule has 2 rings (SSSR count). The summed E-state index contributed by atoms with van der Waals surface area (Å²) in [6, 6.07) is 10.9. The molecule has 2 aromatic carbocycles. The number of para-hydroxylation sites is 2. The molecular weight excluding hydrogens is 393 g/mol. The molecule has 2 aromatic rings. The maximum Gasteiger partial charge on any atom is 0.341 e. The van der Waals surface area contributed by atoms with E-state index in [1.807, 2.05) is 6.92 Å². The molecule has 0 unspecified atom stereocenters. The van der Waals surface area contributed by atoms with Crippen molar-refractivity contribution in [1.29, 1.82) is 0 Å². The zero-order valence-electron chi connectivity index (χ0n) is 13.7. The van der Waals surface area contributed by atoms with Gasteiger partial charge in [-0.1, -0.05) is 28.1 Å². The maximum atomic E-state index is 13.8. The van der Waals surface area contributed by atoms with Crippen LogP contribution < -0.4 is 10.1 Å². The predicted molar refractivity (Wildman–Crippen MR) is 95.2 cm³/mol. The summed E-state index contributed by atoms with van der Waals surface area (Å²) in [4.78, 5) is 24.3. The number of ether oxygens (including phenoxy) is 2. The fraction of sp³-hybridized carbons (Fsp3) is 0.222. The summed E-state index contributed by atoms with van der Waals surface area (Å²) in [5, 5.41) is 2.63. The van der Waals surface area contributed by atoms with Crippen LogP contribution in [0.2, 0.25) is 0 Å². The Morgan fingerprint density at radius 2 is 1.96 bits per heavy atom. The monoisotopic (exact) mass is 409 g/mol. The van der Waals surface area contributed by atoms with E-state index in [2.05, 4.69) is 21.2 Å². The molecule has 7 heteroatoms. The quantitative estimate of drug-likeness (QED) is 0.727. The van der Waals surface area contributed by atoms with Gasteiger partial charge in [-0.15, -0.1) is 0 Å². The standard InChI is InChI=1S/C18H17BrFNO4/c1-3-24-16-7-5-4-6-15(16)21-17(22)11(2)25-18(23)13-9-8-12(19)10-14(13)20/h4-11H,3H2,1-2H3,(H,21,22)/t11-/m0/s1. The number of anilines is 1. The zero-order chi connectivity index (χ0) is 18.4. The summed E-state index contributed by atoms with van der Waals surface area (Å²) in [5.74, 6) is -1.67. The fourth-order valence-corrected chi connectivity index (χ4v) is 2.35. The van der Waals surface area contributed by atoms with Crippen LogP contribution in [0.5, 0.6) is 5.75 Å². The summed E-state index contributed by atoms with van der Waals surface area (Å²) in [6.45, 7) is 3.68. The minimum Gasteiger partial charge on any atom is -0.492 e. The van der Waals surface area contributed by atoms with Crippen molar-refractivity contribution in [1.82, 2.24) is 0 Å². The average molecular weight is 410 g/mol. The van der Waals surface area contributed by atoms with Gasteiger partial charge in [-0.3, -0.25) is 4.79 Å². The average Bonchev–Trinajstić information content (AvgIpc) is 2.56. The normalized spacial score (nSPS) is 11.5. The van der Waals surface area contributed by atoms with Crippen LogP contribution in [-0.2, 0) is 9.53 Å². The number of benzene rings is 2. The van der Waals surface area contributed by atoms with E-state index in [9.17, 15) is 14.0 Å². The fourth-order valence-electron chi connectivity index (χ4n) is 2.02. The van der Waals surface area contributed by atoms with Crippen molar-refractivity contribution < 1.29 is 23.5 Å². The van der Waals surface area contributed by atoms with E-state index in [1.54, 1.807) is 24.3 Å². The highest BCUT2D eigenvalue weighted by Gasteiger charge is 2.22. The molecule has 0 aliphatic rings. The molecule has 0 aliphatic heterocycles. The van der Waals surface area contributed by atoms with E-state index in [0.29, 0.717) is 22.5 Å². The highest BCUT2D eigenvalue weighted by atomic mass is 79.9. The van der Waals surface area contributed by atoms with Crippen LogP contribution in [0.1, 0.15) is 24.2 Å². The van der Waals surface area contributed by atoms with Gasteiger partial charge in [-0.05, 0) is 44.2 Å². The predicted octanol–water partition coefficient (Wildman–Crippen LogP) is 4.17. The minimum absolute atomic E-state index is 0.238. The molecule has 25 heavy (non-hydrogen) atoms. The van der Waals surface area contributed by atoms with Crippen LogP contribution >= 0.6 is 15.9 Å². The third kappa shape index (κ3) is 5.03. The first-order chi connectivity index (χ1) is 11.9. The third-order valence-corrected chi connectivity index (χ3v) is 3.74. The molecule has 0 saturated carbocycles. The molecule has 0 aliphatic carbocycles. The molecule has 1 N–H and O–H groups in total. The van der Waals surface area contributed by atoms with Crippen molar-refractivity contribution in [3.63, 3.8) is 0 Å². The van der Waals surface area contributed by atoms with Crippen molar-refractivity contribution in [2.75, 3.05) is 11.9 Å². The lowest BCUT2D eigenvalue weighted by atomic mass is 10.2. The number of halogens is 2. The van der Waals surface area contributed by atoms with E-state index < -0.39 is 23.8 Å². The lowest BCUT2D eigenvalue weighted by molar-refractivity contribution is -0.123. The molecule has 0 bridgehead atoms. The SMILES string of the molecule is CCOc1ccccc1NC(=O)[C@H](C)OC(=O)c1ccc(Br)cc1F. The summed E-state index contributed by atoms with van der Waals surface area (Å²) >= 11 is 3.11. The molecule has 1 amide bonds. The van der Waals surface area contributed by atoms with Crippen molar-refractivity contribution >= 4 is 33.5 Å². The van der Waals surface area contributed by atoms with Crippen LogP contribution in [0.15, 0.2) is 46.9 Å². The Morgan fingerprint density at radius 1 is 1.24 bits per heavy atom. The van der Waals surface area contributed by atoms with Crippen molar-refractivity contribution in [2.45, 2.75) is 20.0 Å². The van der Waals surface area contributed by atoms with Crippen LogP contribution in [-0.4, -0.2) is 24.6 Å². The Kier molecular flexibility index (Phi) is 6.52. The Bertz CT molecular complexity index is 781. The topological polar surface area (TPSA) is 64.6 Å². The van der Waals surface area contributed by atoms with Gasteiger partial charge in [-0.25, -0.2) is 9.18 Å². The Morgan fingerprint density at radius 3 is 2.64 bits per heavy atom. The number of esters is 1. The van der Waals surface area contributed by atoms with Gasteiger partial charge in [0.05, 0.1) is 17.9 Å². The minimum atomic E-state index is -1.11. The van der Waals surface area contributed by atoms with Crippen LogP contribution in [0.3, 0.4) is 0 Å². The second-order valence-electron chi connectivity index (χ2n) is 5.09. The first-order valence-corrected chi connectivity index (χ1v) is 8.40. The largest absolute Gasteiger partial charge is 0.492 e. The molecule has 0 aromatic heterocycles. The number of amides is 1. The molecule has 132 valence electrons. The molecular formula is C18H17BrFNO4. The molecule has 0 spiro atoms. The number of rotatable bonds is 6. The van der Waals surface area contributed by atoms with Gasteiger partial charge in [0.2, 0.25) is 0 Å². The molecule has 0 fully saturated rings. The maximum absolute atomic E-state index is 13.8. The Labute approximate surface area is 153 Å². The van der Waals surface area contributed by atoms with Crippen molar-refractivity contribution in [3.8, 4) is 5.75 Å². The van der Waals surface area contributed by atoms with Gasteiger partial charge in [0.15, 0.2) is 6.10 Å². The second-order valence-corrected chi connectivity index (χ2v) is 6.01. The summed E-state index contributed by atoms with van der Waals surface area (Å²) in [6.07, 6.45) is -1.11. The van der Waals surface area contributed by atoms with E-state index in [4.69, 9.17) is 9.47 Å². The number of nitrogens with one attached hydrogen (secondary N) is 1. The summed E-state index contributed by atoms with van der Waals surface area (Å²) in [5.41, 5.74) is 0.227. The third-order valence-electron chi connectivity index (χ3n) is 3.25. The number of hydrogen-bond donors (Lipinski definition) is 1. The van der Waals surface area contributed by atoms with Gasteiger partial charge in [0.25, 0.3) is 5.91 Å². The molecule has 0 heterocycles. The first kappa shape index (κ1) is 18.9. The van der Waals surface area contributed by atoms with Gasteiger partial charge in [0.1, 0.15) is 11.6 Å². The van der Waals surface area contributed by atoms with Gasteiger partial charge >= 0.3 is 5.97 Å². The van der Waals surface area contributed by atoms with Crippen LogP contribution in [0, 0.1) is 5.82 Å². The Balaban J connectivity index is 2.04. The smallest absolute Gasteiger partial charge is 0.341 e. The highest BCUT2D eigenvalue weighted by Crippen LogP contribution is 2.24. The highest BCUT2D eigenvalue weighted by molar-refractivity contribution is 9.10. The van der Waals surface area contributed by atoms with Gasteiger partial charge in [-0.2, -0.15) is 0 Å². The van der Waals surface area contributed by atoms with E-state index in [-0.39, 0.29) is 5.56 Å². The lowest BCUT2D eigenvalue weighted by Gasteiger charge is -2.15. The van der Waals surface area contributed by atoms with Gasteiger partial charge < -0.3 is 14.8 Å². The number of hydrogen-bond acceptors (Lipinski definition) is 4. The van der Waals surface area contributed by atoms with E-state index in [0.717, 1.165) is 6.07 Å². The molecule has 0 radical (unpaired) electrons. The van der Waals surface area contributed by atoms with Crippen molar-refractivity contribution in [3.05, 3.63) is 58.3 Å². The van der Waals surface area contributed by atoms with Crippen LogP contribution in [0.25, 0.3) is 0 Å². The molecule has 5 nitrogen and oxygen atoms in total. The van der Waals surface area contributed by atoms with E-state index >= 15 is 0 Å². The van der Waals surface area contributed by atoms with E-state index in [1.165, 1.54) is 19.1 Å². The van der Waals surface area contributed by atoms with Crippen LogP contribution in [0.4, 0.5) is 10.1 Å². The summed E-state index contributed by atoms with van der Waals surface area (Å²) < 4.78 is 24.8. The molecule has 0 saturated heterocycles. The first-order valence-electron chi connectivity index (χ1n) is 7.61. The second kappa shape index (κ2) is 8.62. The number of carbonyl (C=O) groups excluding carboxylic acids is 2.